The lowest BCUT2D eigenvalue weighted by Crippen LogP contribution is -1.89. The number of hydrogen-bond donors (Lipinski definition) is 1. The highest BCUT2D eigenvalue weighted by atomic mass is 35.5. The molecule has 3 rings (SSSR count). The molecular weight excluding hydrogens is 278 g/mol. The number of aromatic amines is 1. The van der Waals surface area contributed by atoms with Gasteiger partial charge in [-0.2, -0.15) is 0 Å². The number of halogens is 1. The molecule has 0 bridgehead atoms. The van der Waals surface area contributed by atoms with Gasteiger partial charge in [0.25, 0.3) is 0 Å². The van der Waals surface area contributed by atoms with Gasteiger partial charge < -0.3 is 4.98 Å². The number of thioether (sulfide) groups is 1. The number of benzene rings is 1. The van der Waals surface area contributed by atoms with Gasteiger partial charge in [0.1, 0.15) is 0 Å². The van der Waals surface area contributed by atoms with Gasteiger partial charge in [0.2, 0.25) is 0 Å². The molecule has 96 valence electrons. The van der Waals surface area contributed by atoms with Crippen LogP contribution in [0.4, 0.5) is 0 Å². The number of hydrogen-bond acceptors (Lipinski definition) is 3. The van der Waals surface area contributed by atoms with Crippen LogP contribution in [0, 0.1) is 0 Å². The van der Waals surface area contributed by atoms with Gasteiger partial charge in [-0.3, -0.25) is 4.98 Å². The van der Waals surface area contributed by atoms with Crippen LogP contribution in [-0.4, -0.2) is 20.7 Å². The lowest BCUT2D eigenvalue weighted by molar-refractivity contribution is 1.06. The molecule has 2 heterocycles. The summed E-state index contributed by atoms with van der Waals surface area (Å²) in [6, 6.07) is 9.73. The van der Waals surface area contributed by atoms with Gasteiger partial charge in [-0.1, -0.05) is 29.4 Å². The lowest BCUT2D eigenvalue weighted by atomic mass is 10.2. The quantitative estimate of drug-likeness (QED) is 0.740. The van der Waals surface area contributed by atoms with E-state index >= 15 is 0 Å². The van der Waals surface area contributed by atoms with E-state index in [1.165, 1.54) is 5.56 Å². The van der Waals surface area contributed by atoms with Crippen molar-refractivity contribution >= 4 is 34.4 Å². The summed E-state index contributed by atoms with van der Waals surface area (Å²) in [5.41, 5.74) is 3.18. The van der Waals surface area contributed by atoms with E-state index in [0.29, 0.717) is 0 Å². The first-order valence-corrected chi connectivity index (χ1v) is 7.34. The average Bonchev–Trinajstić information content (AvgIpc) is 2.82. The van der Waals surface area contributed by atoms with Gasteiger partial charge in [-0.25, -0.2) is 4.98 Å². The van der Waals surface area contributed by atoms with Crippen LogP contribution in [-0.2, 0) is 6.42 Å². The number of aryl methyl sites for hydroxylation is 1. The van der Waals surface area contributed by atoms with E-state index in [9.17, 15) is 0 Å². The Kier molecular flexibility index (Phi) is 3.71. The molecule has 1 aromatic carbocycles. The minimum absolute atomic E-state index is 0.725. The Balaban J connectivity index is 1.65. The summed E-state index contributed by atoms with van der Waals surface area (Å²) in [6.07, 6.45) is 4.68. The molecule has 0 aliphatic rings. The SMILES string of the molecule is Clc1ccc2nc(SCCc3cccnc3)[nH]c2c1. The number of imidazole rings is 1. The first kappa shape index (κ1) is 12.5. The zero-order valence-corrected chi connectivity index (χ0v) is 11.7. The molecule has 1 N–H and O–H groups in total. The predicted octanol–water partition coefficient (Wildman–Crippen LogP) is 3.95. The Morgan fingerprint density at radius 1 is 1.26 bits per heavy atom. The molecule has 0 saturated carbocycles. The van der Waals surface area contributed by atoms with E-state index in [-0.39, 0.29) is 0 Å². The van der Waals surface area contributed by atoms with Gasteiger partial charge in [0, 0.05) is 23.2 Å². The minimum Gasteiger partial charge on any atom is -0.333 e. The summed E-state index contributed by atoms with van der Waals surface area (Å²) < 4.78 is 0. The largest absolute Gasteiger partial charge is 0.333 e. The average molecular weight is 290 g/mol. The second-order valence-corrected chi connectivity index (χ2v) is 5.68. The van der Waals surface area contributed by atoms with Crippen LogP contribution < -0.4 is 0 Å². The number of fused-ring (bicyclic) bond motifs is 1. The van der Waals surface area contributed by atoms with E-state index < -0.39 is 0 Å². The van der Waals surface area contributed by atoms with Crippen LogP contribution in [0.3, 0.4) is 0 Å². The molecule has 0 atom stereocenters. The molecule has 0 unspecified atom stereocenters. The van der Waals surface area contributed by atoms with Gasteiger partial charge in [-0.05, 0) is 36.2 Å². The second kappa shape index (κ2) is 5.63. The predicted molar refractivity (Wildman–Crippen MR) is 79.8 cm³/mol. The van der Waals surface area contributed by atoms with E-state index in [1.807, 2.05) is 30.5 Å². The number of nitrogens with one attached hydrogen (secondary N) is 1. The van der Waals surface area contributed by atoms with Crippen LogP contribution in [0.2, 0.25) is 5.02 Å². The third-order valence-electron chi connectivity index (χ3n) is 2.77. The molecule has 2 aromatic heterocycles. The van der Waals surface area contributed by atoms with Crippen molar-refractivity contribution in [2.24, 2.45) is 0 Å². The Hall–Kier alpha value is -1.52. The van der Waals surface area contributed by atoms with Crippen molar-refractivity contribution in [1.29, 1.82) is 0 Å². The maximum Gasteiger partial charge on any atom is 0.166 e. The summed E-state index contributed by atoms with van der Waals surface area (Å²) in [6.45, 7) is 0. The van der Waals surface area contributed by atoms with Crippen molar-refractivity contribution in [1.82, 2.24) is 15.0 Å². The van der Waals surface area contributed by atoms with Crippen molar-refractivity contribution in [3.05, 3.63) is 53.3 Å². The zero-order chi connectivity index (χ0) is 13.1. The summed E-state index contributed by atoms with van der Waals surface area (Å²) in [7, 11) is 0. The summed E-state index contributed by atoms with van der Waals surface area (Å²) in [4.78, 5) is 11.9. The van der Waals surface area contributed by atoms with Crippen LogP contribution in [0.25, 0.3) is 11.0 Å². The number of rotatable bonds is 4. The van der Waals surface area contributed by atoms with Gasteiger partial charge in [-0.15, -0.1) is 0 Å². The number of aromatic nitrogens is 3. The van der Waals surface area contributed by atoms with Crippen molar-refractivity contribution < 1.29 is 0 Å². The molecule has 0 spiro atoms. The highest BCUT2D eigenvalue weighted by molar-refractivity contribution is 7.99. The Morgan fingerprint density at radius 2 is 2.21 bits per heavy atom. The number of pyridine rings is 1. The van der Waals surface area contributed by atoms with Crippen LogP contribution in [0.1, 0.15) is 5.56 Å². The van der Waals surface area contributed by atoms with E-state index in [2.05, 4.69) is 21.0 Å². The molecule has 0 radical (unpaired) electrons. The molecule has 0 aliphatic heterocycles. The van der Waals surface area contributed by atoms with Gasteiger partial charge >= 0.3 is 0 Å². The fourth-order valence-corrected chi connectivity index (χ4v) is 2.89. The highest BCUT2D eigenvalue weighted by Gasteiger charge is 2.04. The first-order valence-electron chi connectivity index (χ1n) is 5.98. The topological polar surface area (TPSA) is 41.6 Å². The Labute approximate surface area is 120 Å². The second-order valence-electron chi connectivity index (χ2n) is 4.16. The van der Waals surface area contributed by atoms with Crippen LogP contribution in [0.15, 0.2) is 47.9 Å². The first-order chi connectivity index (χ1) is 9.31. The monoisotopic (exact) mass is 289 g/mol. The van der Waals surface area contributed by atoms with Gasteiger partial charge in [0.05, 0.1) is 11.0 Å². The molecule has 5 heteroatoms. The van der Waals surface area contributed by atoms with Crippen molar-refractivity contribution in [3.8, 4) is 0 Å². The maximum absolute atomic E-state index is 5.95. The molecule has 0 fully saturated rings. The van der Waals surface area contributed by atoms with Crippen molar-refractivity contribution in [2.45, 2.75) is 11.6 Å². The van der Waals surface area contributed by atoms with Crippen LogP contribution in [0.5, 0.6) is 0 Å². The van der Waals surface area contributed by atoms with Crippen molar-refractivity contribution in [3.63, 3.8) is 0 Å². The Morgan fingerprint density at radius 3 is 3.05 bits per heavy atom. The summed E-state index contributed by atoms with van der Waals surface area (Å²) >= 11 is 7.66. The van der Waals surface area contributed by atoms with E-state index in [1.54, 1.807) is 18.0 Å². The summed E-state index contributed by atoms with van der Waals surface area (Å²) in [5, 5.41) is 1.66. The fraction of sp³-hybridized carbons (Fsp3) is 0.143. The van der Waals surface area contributed by atoms with Crippen molar-refractivity contribution in [2.75, 3.05) is 5.75 Å². The maximum atomic E-state index is 5.95. The Bertz CT molecular complexity index is 681. The molecule has 3 aromatic rings. The molecular formula is C14H12ClN3S. The molecule has 0 aliphatic carbocycles. The highest BCUT2D eigenvalue weighted by Crippen LogP contribution is 2.22. The zero-order valence-electron chi connectivity index (χ0n) is 10.1. The standard InChI is InChI=1S/C14H12ClN3S/c15-11-3-4-12-13(8-11)18-14(17-12)19-7-5-10-2-1-6-16-9-10/h1-4,6,8-9H,5,7H2,(H,17,18). The van der Waals surface area contributed by atoms with E-state index in [0.717, 1.165) is 33.4 Å². The van der Waals surface area contributed by atoms with Crippen LogP contribution >= 0.6 is 23.4 Å². The number of H-pyrrole nitrogens is 1. The van der Waals surface area contributed by atoms with E-state index in [4.69, 9.17) is 11.6 Å². The third-order valence-corrected chi connectivity index (χ3v) is 3.88. The normalized spacial score (nSPS) is 11.0. The minimum atomic E-state index is 0.725. The smallest absolute Gasteiger partial charge is 0.166 e. The van der Waals surface area contributed by atoms with Gasteiger partial charge in [0.15, 0.2) is 5.16 Å². The lowest BCUT2D eigenvalue weighted by Gasteiger charge is -1.98. The number of nitrogens with zero attached hydrogens (tertiary/aromatic N) is 2. The molecule has 0 saturated heterocycles. The summed E-state index contributed by atoms with van der Waals surface area (Å²) in [5.74, 6) is 0.971. The molecule has 0 amide bonds. The molecule has 3 nitrogen and oxygen atoms in total. The fourth-order valence-electron chi connectivity index (χ4n) is 1.84. The molecule has 19 heavy (non-hydrogen) atoms. The third kappa shape index (κ3) is 3.08.